The van der Waals surface area contributed by atoms with Gasteiger partial charge in [0.05, 0.1) is 11.1 Å². The highest BCUT2D eigenvalue weighted by atomic mass is 79.9. The number of halogens is 3. The van der Waals surface area contributed by atoms with Gasteiger partial charge in [-0.25, -0.2) is 0 Å². The lowest BCUT2D eigenvalue weighted by Gasteiger charge is -2.16. The molecule has 0 aliphatic rings. The van der Waals surface area contributed by atoms with Gasteiger partial charge in [0, 0.05) is 26.7 Å². The fraction of sp³-hybridized carbons (Fsp3) is 0.294. The van der Waals surface area contributed by atoms with Crippen LogP contribution in [-0.4, -0.2) is 6.61 Å². The van der Waals surface area contributed by atoms with Gasteiger partial charge in [-0.1, -0.05) is 38.8 Å². The molecule has 0 heterocycles. The minimum absolute atomic E-state index is 0.708. The van der Waals surface area contributed by atoms with Gasteiger partial charge in [-0.15, -0.1) is 0 Å². The van der Waals surface area contributed by atoms with Gasteiger partial charge in [-0.05, 0) is 65.2 Å². The first kappa shape index (κ1) is 17.8. The lowest BCUT2D eigenvalue weighted by Crippen LogP contribution is -2.05. The molecular weight excluding hydrogens is 474 g/mol. The third kappa shape index (κ3) is 4.74. The van der Waals surface area contributed by atoms with Gasteiger partial charge in [0.15, 0.2) is 0 Å². The molecular formula is C17H18Br3NO. The Labute approximate surface area is 157 Å². The molecule has 2 rings (SSSR count). The summed E-state index contributed by atoms with van der Waals surface area (Å²) in [6.07, 6.45) is 0.987. The zero-order valence-corrected chi connectivity index (χ0v) is 17.3. The van der Waals surface area contributed by atoms with Crippen LogP contribution < -0.4 is 10.1 Å². The summed E-state index contributed by atoms with van der Waals surface area (Å²) >= 11 is 10.6. The zero-order chi connectivity index (χ0) is 16.1. The van der Waals surface area contributed by atoms with E-state index in [0.717, 1.165) is 36.8 Å². The summed E-state index contributed by atoms with van der Waals surface area (Å²) in [7, 11) is 0. The first-order valence-electron chi connectivity index (χ1n) is 7.12. The minimum atomic E-state index is 0.708. The van der Waals surface area contributed by atoms with Gasteiger partial charge in [0.25, 0.3) is 0 Å². The number of anilines is 1. The van der Waals surface area contributed by atoms with Crippen LogP contribution in [0.15, 0.2) is 43.7 Å². The Kier molecular flexibility index (Phi) is 6.78. The second kappa shape index (κ2) is 8.37. The molecule has 1 N–H and O–H groups in total. The summed E-state index contributed by atoms with van der Waals surface area (Å²) in [5.41, 5.74) is 3.46. The second-order valence-electron chi connectivity index (χ2n) is 5.04. The van der Waals surface area contributed by atoms with Crippen molar-refractivity contribution in [3.63, 3.8) is 0 Å². The molecule has 0 saturated heterocycles. The van der Waals surface area contributed by atoms with Crippen molar-refractivity contribution in [3.05, 3.63) is 54.9 Å². The van der Waals surface area contributed by atoms with Crippen molar-refractivity contribution in [2.45, 2.75) is 26.8 Å². The molecule has 0 amide bonds. The largest absolute Gasteiger partial charge is 0.492 e. The van der Waals surface area contributed by atoms with Crippen molar-refractivity contribution in [2.24, 2.45) is 0 Å². The van der Waals surface area contributed by atoms with E-state index in [0.29, 0.717) is 13.2 Å². The standard InChI is InChI=1S/C17H18Br3NO/c1-3-6-22-17-12(8-14(19)9-15(17)20)10-21-16-5-4-13(18)7-11(16)2/h4-5,7-9,21H,3,6,10H2,1-2H3. The van der Waals surface area contributed by atoms with Crippen LogP contribution in [0, 0.1) is 6.92 Å². The van der Waals surface area contributed by atoms with E-state index < -0.39 is 0 Å². The molecule has 0 atom stereocenters. The second-order valence-corrected chi connectivity index (χ2v) is 7.72. The first-order chi connectivity index (χ1) is 10.5. The third-order valence-corrected chi connectivity index (χ3v) is 4.73. The van der Waals surface area contributed by atoms with Gasteiger partial charge >= 0.3 is 0 Å². The highest BCUT2D eigenvalue weighted by molar-refractivity contribution is 9.11. The van der Waals surface area contributed by atoms with E-state index in [4.69, 9.17) is 4.74 Å². The maximum absolute atomic E-state index is 5.89. The van der Waals surface area contributed by atoms with Crippen LogP contribution >= 0.6 is 47.8 Å². The van der Waals surface area contributed by atoms with E-state index >= 15 is 0 Å². The van der Waals surface area contributed by atoms with Crippen molar-refractivity contribution in [1.82, 2.24) is 0 Å². The number of rotatable bonds is 6. The van der Waals surface area contributed by atoms with Crippen molar-refractivity contribution in [1.29, 1.82) is 0 Å². The Morgan fingerprint density at radius 3 is 2.50 bits per heavy atom. The van der Waals surface area contributed by atoms with Gasteiger partial charge in [0.2, 0.25) is 0 Å². The van der Waals surface area contributed by atoms with E-state index in [-0.39, 0.29) is 0 Å². The molecule has 0 fully saturated rings. The molecule has 22 heavy (non-hydrogen) atoms. The SMILES string of the molecule is CCCOc1c(Br)cc(Br)cc1CNc1ccc(Br)cc1C. The molecule has 0 bridgehead atoms. The summed E-state index contributed by atoms with van der Waals surface area (Å²) < 4.78 is 8.99. The summed E-state index contributed by atoms with van der Waals surface area (Å²) in [6, 6.07) is 10.3. The quantitative estimate of drug-likeness (QED) is 0.486. The Bertz CT molecular complexity index is 659. The van der Waals surface area contributed by atoms with E-state index in [2.05, 4.69) is 85.2 Å². The van der Waals surface area contributed by atoms with Gasteiger partial charge < -0.3 is 10.1 Å². The lowest BCUT2D eigenvalue weighted by molar-refractivity contribution is 0.312. The average molecular weight is 492 g/mol. The number of aryl methyl sites for hydroxylation is 1. The molecule has 0 aliphatic carbocycles. The lowest BCUT2D eigenvalue weighted by atomic mass is 10.1. The van der Waals surface area contributed by atoms with E-state index in [1.165, 1.54) is 5.56 Å². The number of nitrogens with one attached hydrogen (secondary N) is 1. The fourth-order valence-corrected chi connectivity index (χ4v) is 4.03. The maximum Gasteiger partial charge on any atom is 0.138 e. The molecule has 0 radical (unpaired) electrons. The number of hydrogen-bond acceptors (Lipinski definition) is 2. The minimum Gasteiger partial charge on any atom is -0.492 e. The topological polar surface area (TPSA) is 21.3 Å². The molecule has 0 spiro atoms. The Morgan fingerprint density at radius 2 is 1.82 bits per heavy atom. The van der Waals surface area contributed by atoms with E-state index in [9.17, 15) is 0 Å². The summed E-state index contributed by atoms with van der Waals surface area (Å²) in [5.74, 6) is 0.910. The molecule has 0 unspecified atom stereocenters. The summed E-state index contributed by atoms with van der Waals surface area (Å²) in [5, 5.41) is 3.49. The summed E-state index contributed by atoms with van der Waals surface area (Å²) in [4.78, 5) is 0. The molecule has 0 saturated carbocycles. The van der Waals surface area contributed by atoms with Crippen molar-refractivity contribution < 1.29 is 4.74 Å². The molecule has 0 aromatic heterocycles. The van der Waals surface area contributed by atoms with Gasteiger partial charge in [0.1, 0.15) is 5.75 Å². The van der Waals surface area contributed by atoms with E-state index in [1.54, 1.807) is 0 Å². The van der Waals surface area contributed by atoms with Crippen LogP contribution in [0.5, 0.6) is 5.75 Å². The molecule has 118 valence electrons. The Morgan fingerprint density at radius 1 is 1.05 bits per heavy atom. The smallest absolute Gasteiger partial charge is 0.138 e. The third-order valence-electron chi connectivity index (χ3n) is 3.19. The van der Waals surface area contributed by atoms with Crippen LogP contribution in [0.4, 0.5) is 5.69 Å². The number of benzene rings is 2. The predicted octanol–water partition coefficient (Wildman–Crippen LogP) is 6.68. The van der Waals surface area contributed by atoms with Crippen LogP contribution in [0.2, 0.25) is 0 Å². The van der Waals surface area contributed by atoms with Crippen LogP contribution in [0.3, 0.4) is 0 Å². The maximum atomic E-state index is 5.89. The molecule has 0 aliphatic heterocycles. The Balaban J connectivity index is 2.20. The average Bonchev–Trinajstić information content (AvgIpc) is 2.45. The van der Waals surface area contributed by atoms with Crippen molar-refractivity contribution in [2.75, 3.05) is 11.9 Å². The van der Waals surface area contributed by atoms with Crippen LogP contribution in [0.1, 0.15) is 24.5 Å². The van der Waals surface area contributed by atoms with Crippen LogP contribution in [0.25, 0.3) is 0 Å². The monoisotopic (exact) mass is 489 g/mol. The number of ether oxygens (including phenoxy) is 1. The van der Waals surface area contributed by atoms with Crippen LogP contribution in [-0.2, 0) is 6.54 Å². The predicted molar refractivity (Wildman–Crippen MR) is 104 cm³/mol. The van der Waals surface area contributed by atoms with Crippen molar-refractivity contribution in [3.8, 4) is 5.75 Å². The summed E-state index contributed by atoms with van der Waals surface area (Å²) in [6.45, 7) is 5.62. The number of hydrogen-bond donors (Lipinski definition) is 1. The van der Waals surface area contributed by atoms with Gasteiger partial charge in [-0.2, -0.15) is 0 Å². The normalized spacial score (nSPS) is 10.6. The fourth-order valence-electron chi connectivity index (χ4n) is 2.13. The molecule has 2 nitrogen and oxygen atoms in total. The highest BCUT2D eigenvalue weighted by Gasteiger charge is 2.10. The highest BCUT2D eigenvalue weighted by Crippen LogP contribution is 2.34. The molecule has 2 aromatic rings. The zero-order valence-electron chi connectivity index (χ0n) is 12.6. The van der Waals surface area contributed by atoms with Crippen molar-refractivity contribution >= 4 is 53.5 Å². The van der Waals surface area contributed by atoms with Gasteiger partial charge in [-0.3, -0.25) is 0 Å². The van der Waals surface area contributed by atoms with E-state index in [1.807, 2.05) is 12.1 Å². The first-order valence-corrected chi connectivity index (χ1v) is 9.50. The molecule has 5 heteroatoms. The molecule has 2 aromatic carbocycles. The Hall–Kier alpha value is -0.520.